The molecule has 0 atom stereocenters. The molecule has 0 saturated heterocycles. The molecule has 0 spiro atoms. The van der Waals surface area contributed by atoms with Crippen LogP contribution in [0.5, 0.6) is 0 Å². The molecule has 0 radical (unpaired) electrons. The number of hydrogen-bond donors (Lipinski definition) is 0. The van der Waals surface area contributed by atoms with E-state index in [-0.39, 0.29) is 56.9 Å². The molecule has 0 bridgehead atoms. The molecule has 0 unspecified atom stereocenters. The monoisotopic (exact) mass is 300 g/mol. The van der Waals surface area contributed by atoms with Crippen molar-refractivity contribution in [1.29, 1.82) is 0 Å². The first-order valence-corrected chi connectivity index (χ1v) is 7.49. The van der Waals surface area contributed by atoms with Crippen molar-refractivity contribution >= 4 is 23.2 Å². The van der Waals surface area contributed by atoms with Gasteiger partial charge in [-0.15, -0.1) is 11.8 Å². The van der Waals surface area contributed by atoms with Gasteiger partial charge < -0.3 is 5.41 Å². The molecule has 0 aromatic rings. The first kappa shape index (κ1) is 19.5. The summed E-state index contributed by atoms with van der Waals surface area (Å²) in [5, 5.41) is 9.67. The number of allylic oxidation sites excluding steroid dienone is 5. The molecule has 2 nitrogen and oxygen atoms in total. The standard InChI is InChI=1S/C13H15N2S.C2H6.K/c1-8-7-13(2,3)15-12-10(8)5-9(14)6-11(12)16-4;1-2;/h5-7H,1-4H3;1-2H3;/q-1;;+1. The molecular formula is C15H21KN2S. The summed E-state index contributed by atoms with van der Waals surface area (Å²) < 4.78 is 0. The van der Waals surface area contributed by atoms with E-state index in [9.17, 15) is 5.41 Å². The van der Waals surface area contributed by atoms with E-state index in [0.717, 1.165) is 16.2 Å². The van der Waals surface area contributed by atoms with E-state index in [1.165, 1.54) is 5.57 Å². The van der Waals surface area contributed by atoms with Crippen molar-refractivity contribution in [3.05, 3.63) is 39.7 Å². The van der Waals surface area contributed by atoms with Crippen LogP contribution in [0.3, 0.4) is 0 Å². The second-order valence-electron chi connectivity index (χ2n) is 4.64. The topological polar surface area (TPSA) is 34.7 Å². The maximum absolute atomic E-state index is 9.67. The summed E-state index contributed by atoms with van der Waals surface area (Å²) in [6, 6.07) is 0. The molecule has 0 N–H and O–H groups in total. The molecule has 0 aromatic carbocycles. The van der Waals surface area contributed by atoms with Crippen molar-refractivity contribution < 1.29 is 51.4 Å². The van der Waals surface area contributed by atoms with E-state index in [0.29, 0.717) is 5.71 Å². The summed E-state index contributed by atoms with van der Waals surface area (Å²) in [5.41, 5.74) is 3.39. The van der Waals surface area contributed by atoms with Crippen LogP contribution in [-0.2, 0) is 0 Å². The Kier molecular flexibility index (Phi) is 8.34. The number of aliphatic imine (C=N–C) groups is 1. The van der Waals surface area contributed by atoms with Gasteiger partial charge in [0.25, 0.3) is 0 Å². The zero-order valence-electron chi connectivity index (χ0n) is 13.0. The average Bonchev–Trinajstić information content (AvgIpc) is 2.31. The molecule has 0 aromatic heterocycles. The van der Waals surface area contributed by atoms with Crippen LogP contribution >= 0.6 is 11.8 Å². The van der Waals surface area contributed by atoms with Gasteiger partial charge in [0.15, 0.2) is 0 Å². The number of dihydropyridines is 1. The summed E-state index contributed by atoms with van der Waals surface area (Å²) in [7, 11) is 0. The molecule has 98 valence electrons. The van der Waals surface area contributed by atoms with Crippen LogP contribution in [0.1, 0.15) is 34.6 Å². The Labute approximate surface area is 163 Å². The van der Waals surface area contributed by atoms with Crippen molar-refractivity contribution in [3.8, 4) is 0 Å². The molecule has 0 amide bonds. The molecular weight excluding hydrogens is 279 g/mol. The van der Waals surface area contributed by atoms with Gasteiger partial charge in [-0.3, -0.25) is 4.99 Å². The van der Waals surface area contributed by atoms with Crippen LogP contribution in [0.4, 0.5) is 0 Å². The third-order valence-electron chi connectivity index (χ3n) is 2.67. The zero-order chi connectivity index (χ0) is 13.9. The van der Waals surface area contributed by atoms with Gasteiger partial charge in [-0.05, 0) is 32.6 Å². The minimum Gasteiger partial charge on any atom is -0.804 e. The van der Waals surface area contributed by atoms with Crippen LogP contribution in [0.15, 0.2) is 39.3 Å². The molecule has 1 heterocycles. The number of rotatable bonds is 1. The number of hydrogen-bond acceptors (Lipinski definition) is 2. The molecule has 1 aliphatic carbocycles. The first-order valence-electron chi connectivity index (χ1n) is 6.27. The quantitative estimate of drug-likeness (QED) is 0.532. The van der Waals surface area contributed by atoms with Crippen molar-refractivity contribution in [2.75, 3.05) is 6.26 Å². The van der Waals surface area contributed by atoms with Crippen LogP contribution in [0.2, 0.25) is 0 Å². The SMILES string of the molecule is CC.CSC1=CC(=[N-])C=C2C(C)=CC(C)(C)N=C12.[K+]. The average molecular weight is 301 g/mol. The fourth-order valence-corrected chi connectivity index (χ4v) is 2.68. The van der Waals surface area contributed by atoms with Crippen molar-refractivity contribution in [2.24, 2.45) is 4.99 Å². The van der Waals surface area contributed by atoms with E-state index in [1.54, 1.807) is 23.9 Å². The summed E-state index contributed by atoms with van der Waals surface area (Å²) in [6.45, 7) is 10.3. The molecule has 1 aliphatic heterocycles. The molecule has 19 heavy (non-hydrogen) atoms. The van der Waals surface area contributed by atoms with Gasteiger partial charge in [-0.2, -0.15) is 5.71 Å². The van der Waals surface area contributed by atoms with Crippen LogP contribution in [0, 0.1) is 0 Å². The van der Waals surface area contributed by atoms with Crippen LogP contribution in [-0.4, -0.2) is 23.2 Å². The predicted octanol–water partition coefficient (Wildman–Crippen LogP) is 1.39. The molecule has 0 fully saturated rings. The third-order valence-corrected chi connectivity index (χ3v) is 3.43. The predicted molar refractivity (Wildman–Crippen MR) is 84.7 cm³/mol. The number of thioether (sulfide) groups is 1. The third kappa shape index (κ3) is 4.79. The van der Waals surface area contributed by atoms with Gasteiger partial charge >= 0.3 is 51.4 Å². The summed E-state index contributed by atoms with van der Waals surface area (Å²) in [4.78, 5) is 5.77. The minimum atomic E-state index is -0.154. The fraction of sp³-hybridized carbons (Fsp3) is 0.467. The van der Waals surface area contributed by atoms with E-state index >= 15 is 0 Å². The first-order chi connectivity index (χ1) is 8.43. The maximum Gasteiger partial charge on any atom is 1.00 e. The molecule has 2 rings (SSSR count). The van der Waals surface area contributed by atoms with E-state index in [4.69, 9.17) is 4.99 Å². The summed E-state index contributed by atoms with van der Waals surface area (Å²) >= 11 is 1.62. The van der Waals surface area contributed by atoms with Crippen molar-refractivity contribution in [2.45, 2.75) is 40.2 Å². The van der Waals surface area contributed by atoms with Gasteiger partial charge in [0, 0.05) is 10.5 Å². The Morgan fingerprint density at radius 3 is 2.32 bits per heavy atom. The second kappa shape index (κ2) is 8.10. The van der Waals surface area contributed by atoms with E-state index in [2.05, 4.69) is 26.8 Å². The Bertz CT molecular complexity index is 482. The smallest absolute Gasteiger partial charge is 0.804 e. The largest absolute Gasteiger partial charge is 1.00 e. The Morgan fingerprint density at radius 1 is 1.21 bits per heavy atom. The second-order valence-corrected chi connectivity index (χ2v) is 5.49. The molecule has 2 aliphatic rings. The minimum absolute atomic E-state index is 0. The van der Waals surface area contributed by atoms with Gasteiger partial charge in [-0.25, -0.2) is 0 Å². The Hall–Kier alpha value is 0.546. The van der Waals surface area contributed by atoms with Gasteiger partial charge in [0.2, 0.25) is 0 Å². The molecule has 4 heteroatoms. The van der Waals surface area contributed by atoms with Gasteiger partial charge in [-0.1, -0.05) is 32.1 Å². The Morgan fingerprint density at radius 2 is 1.79 bits per heavy atom. The van der Waals surface area contributed by atoms with Crippen LogP contribution < -0.4 is 51.4 Å². The van der Waals surface area contributed by atoms with Crippen LogP contribution in [0.25, 0.3) is 5.41 Å². The summed E-state index contributed by atoms with van der Waals surface area (Å²) in [6.07, 6.45) is 7.71. The summed E-state index contributed by atoms with van der Waals surface area (Å²) in [5.74, 6) is 0. The number of nitrogens with zero attached hydrogens (tertiary/aromatic N) is 2. The Balaban J connectivity index is 0.00000103. The van der Waals surface area contributed by atoms with Gasteiger partial charge in [0.1, 0.15) is 0 Å². The van der Waals surface area contributed by atoms with E-state index < -0.39 is 0 Å². The van der Waals surface area contributed by atoms with Crippen molar-refractivity contribution in [3.63, 3.8) is 0 Å². The van der Waals surface area contributed by atoms with Gasteiger partial charge in [0.05, 0.1) is 11.3 Å². The zero-order valence-corrected chi connectivity index (χ0v) is 17.0. The normalized spacial score (nSPS) is 19.6. The number of fused-ring (bicyclic) bond motifs is 1. The molecule has 0 saturated carbocycles. The van der Waals surface area contributed by atoms with Crippen molar-refractivity contribution in [1.82, 2.24) is 0 Å². The van der Waals surface area contributed by atoms with E-state index in [1.807, 2.05) is 20.1 Å². The fourth-order valence-electron chi connectivity index (χ4n) is 2.09. The maximum atomic E-state index is 9.67.